The van der Waals surface area contributed by atoms with Crippen molar-refractivity contribution in [1.29, 1.82) is 0 Å². The maximum absolute atomic E-state index is 12.3. The van der Waals surface area contributed by atoms with Gasteiger partial charge in [0.25, 0.3) is 0 Å². The number of urea groups is 2. The summed E-state index contributed by atoms with van der Waals surface area (Å²) < 4.78 is 29.7. The van der Waals surface area contributed by atoms with E-state index in [1.807, 2.05) is 6.92 Å². The minimum absolute atomic E-state index is 0.0408. The SMILES string of the molecule is Cc1ccc(S(=O)(=O)Oc2ccc(NC(=O)NC(=O)Nc3ccccc3)cc2)cc1. The molecule has 0 radical (unpaired) electrons. The lowest BCUT2D eigenvalue weighted by molar-refractivity contribution is 0.240. The Morgan fingerprint density at radius 3 is 1.83 bits per heavy atom. The lowest BCUT2D eigenvalue weighted by Gasteiger charge is -2.10. The molecular formula is C21H19N3O5S. The van der Waals surface area contributed by atoms with Crippen molar-refractivity contribution in [3.05, 3.63) is 84.4 Å². The number of amides is 4. The molecule has 0 heterocycles. The Morgan fingerprint density at radius 2 is 1.27 bits per heavy atom. The summed E-state index contributed by atoms with van der Waals surface area (Å²) in [6.45, 7) is 1.85. The van der Waals surface area contributed by atoms with Gasteiger partial charge in [0.05, 0.1) is 0 Å². The summed E-state index contributed by atoms with van der Waals surface area (Å²) >= 11 is 0. The summed E-state index contributed by atoms with van der Waals surface area (Å²) in [4.78, 5) is 23.8. The van der Waals surface area contributed by atoms with E-state index in [9.17, 15) is 18.0 Å². The predicted molar refractivity (Wildman–Crippen MR) is 113 cm³/mol. The van der Waals surface area contributed by atoms with Crippen LogP contribution in [0.15, 0.2) is 83.8 Å². The summed E-state index contributed by atoms with van der Waals surface area (Å²) in [6, 6.07) is 19.2. The highest BCUT2D eigenvalue weighted by Crippen LogP contribution is 2.21. The molecule has 4 amide bonds. The first-order valence-corrected chi connectivity index (χ1v) is 10.3. The van der Waals surface area contributed by atoms with Gasteiger partial charge in [-0.2, -0.15) is 8.42 Å². The van der Waals surface area contributed by atoms with Gasteiger partial charge in [-0.3, -0.25) is 5.32 Å². The number of para-hydroxylation sites is 1. The molecule has 9 heteroatoms. The molecule has 3 aromatic carbocycles. The third-order valence-corrected chi connectivity index (χ3v) is 5.15. The Hall–Kier alpha value is -3.85. The van der Waals surface area contributed by atoms with Crippen LogP contribution in [0, 0.1) is 6.92 Å². The summed E-state index contributed by atoms with van der Waals surface area (Å²) in [5.74, 6) is 0.0864. The highest BCUT2D eigenvalue weighted by atomic mass is 32.2. The van der Waals surface area contributed by atoms with Crippen molar-refractivity contribution in [1.82, 2.24) is 5.32 Å². The molecule has 3 aromatic rings. The maximum Gasteiger partial charge on any atom is 0.339 e. The predicted octanol–water partition coefficient (Wildman–Crippen LogP) is 4.12. The molecule has 0 aromatic heterocycles. The molecule has 0 aliphatic carbocycles. The molecule has 0 saturated carbocycles. The van der Waals surface area contributed by atoms with Crippen LogP contribution in [0.1, 0.15) is 5.56 Å². The quantitative estimate of drug-likeness (QED) is 0.532. The van der Waals surface area contributed by atoms with Crippen molar-refractivity contribution >= 4 is 33.6 Å². The van der Waals surface area contributed by atoms with Gasteiger partial charge in [-0.05, 0) is 55.5 Å². The Kier molecular flexibility index (Phi) is 6.33. The smallest absolute Gasteiger partial charge is 0.339 e. The largest absolute Gasteiger partial charge is 0.379 e. The van der Waals surface area contributed by atoms with Crippen LogP contribution in [0.5, 0.6) is 5.75 Å². The monoisotopic (exact) mass is 425 g/mol. The maximum atomic E-state index is 12.3. The van der Waals surface area contributed by atoms with Crippen molar-refractivity contribution in [3.8, 4) is 5.75 Å². The lowest BCUT2D eigenvalue weighted by atomic mass is 10.2. The number of hydrogen-bond acceptors (Lipinski definition) is 5. The zero-order valence-corrected chi connectivity index (χ0v) is 16.8. The number of hydrogen-bond donors (Lipinski definition) is 3. The summed E-state index contributed by atoms with van der Waals surface area (Å²) in [6.07, 6.45) is 0. The number of imide groups is 1. The van der Waals surface area contributed by atoms with Crippen LogP contribution in [0.2, 0.25) is 0 Å². The van der Waals surface area contributed by atoms with Gasteiger partial charge >= 0.3 is 22.2 Å². The molecule has 0 atom stereocenters. The summed E-state index contributed by atoms with van der Waals surface area (Å²) in [5, 5.41) is 7.11. The number of anilines is 2. The van der Waals surface area contributed by atoms with Crippen LogP contribution in [-0.4, -0.2) is 20.5 Å². The van der Waals surface area contributed by atoms with E-state index in [0.717, 1.165) is 5.56 Å². The van der Waals surface area contributed by atoms with E-state index in [4.69, 9.17) is 4.18 Å². The topological polar surface area (TPSA) is 114 Å². The summed E-state index contributed by atoms with van der Waals surface area (Å²) in [7, 11) is -3.96. The van der Waals surface area contributed by atoms with Crippen LogP contribution >= 0.6 is 0 Å². The van der Waals surface area contributed by atoms with Crippen molar-refractivity contribution in [3.63, 3.8) is 0 Å². The third kappa shape index (κ3) is 5.82. The van der Waals surface area contributed by atoms with Crippen LogP contribution in [0.25, 0.3) is 0 Å². The highest BCUT2D eigenvalue weighted by Gasteiger charge is 2.16. The molecule has 0 saturated heterocycles. The Balaban J connectivity index is 1.55. The fourth-order valence-corrected chi connectivity index (χ4v) is 3.35. The van der Waals surface area contributed by atoms with Gasteiger partial charge in [0, 0.05) is 11.4 Å². The van der Waals surface area contributed by atoms with Gasteiger partial charge in [0.1, 0.15) is 10.6 Å². The first-order chi connectivity index (χ1) is 14.3. The molecule has 0 aliphatic heterocycles. The molecule has 0 unspecified atom stereocenters. The molecule has 0 fully saturated rings. The van der Waals surface area contributed by atoms with Gasteiger partial charge in [-0.1, -0.05) is 35.9 Å². The minimum atomic E-state index is -3.96. The molecule has 0 bridgehead atoms. The average Bonchev–Trinajstić information content (AvgIpc) is 2.70. The average molecular weight is 425 g/mol. The standard InChI is InChI=1S/C21H19N3O5S/c1-15-7-13-19(14-8-15)30(27,28)29-18-11-9-17(10-12-18)23-21(26)24-20(25)22-16-5-3-2-4-6-16/h2-14H,1H3,(H3,22,23,24,25,26). The molecule has 154 valence electrons. The Morgan fingerprint density at radius 1 is 0.733 bits per heavy atom. The van der Waals surface area contributed by atoms with Crippen molar-refractivity contribution in [2.45, 2.75) is 11.8 Å². The van der Waals surface area contributed by atoms with E-state index in [0.29, 0.717) is 11.4 Å². The molecule has 3 rings (SSSR count). The minimum Gasteiger partial charge on any atom is -0.379 e. The van der Waals surface area contributed by atoms with E-state index in [-0.39, 0.29) is 10.6 Å². The van der Waals surface area contributed by atoms with Gasteiger partial charge in [-0.15, -0.1) is 0 Å². The zero-order valence-electron chi connectivity index (χ0n) is 16.0. The van der Waals surface area contributed by atoms with Crippen LogP contribution in [0.4, 0.5) is 21.0 Å². The fraction of sp³-hybridized carbons (Fsp3) is 0.0476. The second-order valence-corrected chi connectivity index (χ2v) is 7.82. The highest BCUT2D eigenvalue weighted by molar-refractivity contribution is 7.87. The van der Waals surface area contributed by atoms with Gasteiger partial charge in [0.15, 0.2) is 0 Å². The zero-order chi connectivity index (χ0) is 21.6. The first-order valence-electron chi connectivity index (χ1n) is 8.87. The van der Waals surface area contributed by atoms with E-state index in [1.165, 1.54) is 36.4 Å². The molecular weight excluding hydrogens is 406 g/mol. The van der Waals surface area contributed by atoms with Crippen LogP contribution in [-0.2, 0) is 10.1 Å². The third-order valence-electron chi connectivity index (χ3n) is 3.89. The molecule has 0 spiro atoms. The fourth-order valence-electron chi connectivity index (χ4n) is 2.42. The number of carbonyl (C=O) groups is 2. The molecule has 30 heavy (non-hydrogen) atoms. The van der Waals surface area contributed by atoms with Gasteiger partial charge < -0.3 is 14.8 Å². The number of benzene rings is 3. The first kappa shape index (κ1) is 20.9. The van der Waals surface area contributed by atoms with E-state index >= 15 is 0 Å². The summed E-state index contributed by atoms with van der Waals surface area (Å²) in [5.41, 5.74) is 1.82. The number of nitrogens with one attached hydrogen (secondary N) is 3. The molecule has 3 N–H and O–H groups in total. The van der Waals surface area contributed by atoms with E-state index in [2.05, 4.69) is 16.0 Å². The second-order valence-electron chi connectivity index (χ2n) is 6.27. The van der Waals surface area contributed by atoms with Gasteiger partial charge in [0.2, 0.25) is 0 Å². The van der Waals surface area contributed by atoms with Gasteiger partial charge in [-0.25, -0.2) is 9.59 Å². The number of carbonyl (C=O) groups excluding carboxylic acids is 2. The molecule has 8 nitrogen and oxygen atoms in total. The van der Waals surface area contributed by atoms with Crippen LogP contribution < -0.4 is 20.1 Å². The van der Waals surface area contributed by atoms with E-state index < -0.39 is 22.2 Å². The van der Waals surface area contributed by atoms with Crippen LogP contribution in [0.3, 0.4) is 0 Å². The van der Waals surface area contributed by atoms with Crippen molar-refractivity contribution in [2.24, 2.45) is 0 Å². The Labute approximate surface area is 174 Å². The number of aryl methyl sites for hydroxylation is 1. The lowest BCUT2D eigenvalue weighted by Crippen LogP contribution is -2.37. The molecule has 0 aliphatic rings. The van der Waals surface area contributed by atoms with Crippen molar-refractivity contribution < 1.29 is 22.2 Å². The van der Waals surface area contributed by atoms with Crippen molar-refractivity contribution in [2.75, 3.05) is 10.6 Å². The number of rotatable bonds is 5. The second kappa shape index (κ2) is 9.10. The Bertz CT molecular complexity index is 1130. The van der Waals surface area contributed by atoms with E-state index in [1.54, 1.807) is 42.5 Å². The normalized spacial score (nSPS) is 10.7.